The summed E-state index contributed by atoms with van der Waals surface area (Å²) in [5.41, 5.74) is -1.31. The van der Waals surface area contributed by atoms with Crippen LogP contribution in [0.1, 0.15) is 60.3 Å². The van der Waals surface area contributed by atoms with E-state index in [0.717, 1.165) is 19.3 Å². The average Bonchev–Trinajstić information content (AvgIpc) is 2.62. The molecule has 1 fully saturated rings. The lowest BCUT2D eigenvalue weighted by Gasteiger charge is -2.32. The third kappa shape index (κ3) is 4.11. The highest BCUT2D eigenvalue weighted by atomic mass is 31.2. The molecule has 0 saturated carbocycles. The Morgan fingerprint density at radius 1 is 1.05 bits per heavy atom. The summed E-state index contributed by atoms with van der Waals surface area (Å²) < 4.78 is 35.4. The van der Waals surface area contributed by atoms with Gasteiger partial charge in [-0.25, -0.2) is 0 Å². The molecular weight excluding hydrogens is 290 g/mol. The molecule has 1 rings (SSSR count). The van der Waals surface area contributed by atoms with Gasteiger partial charge in [0.25, 0.3) is 0 Å². The molecule has 0 aromatic rings. The SMILES string of the molecule is CCCCCC(B1OC(C)(C)C(C)(C)O1)P(=O)(OC)OC. The molecule has 0 aromatic carbocycles. The van der Waals surface area contributed by atoms with Crippen LogP contribution in [-0.2, 0) is 22.9 Å². The quantitative estimate of drug-likeness (QED) is 0.384. The zero-order valence-corrected chi connectivity index (χ0v) is 15.4. The van der Waals surface area contributed by atoms with Crippen LogP contribution in [0.25, 0.3) is 0 Å². The summed E-state index contributed by atoms with van der Waals surface area (Å²) >= 11 is 0. The van der Waals surface area contributed by atoms with E-state index >= 15 is 0 Å². The van der Waals surface area contributed by atoms with Crippen LogP contribution >= 0.6 is 7.60 Å². The van der Waals surface area contributed by atoms with Gasteiger partial charge >= 0.3 is 14.7 Å². The van der Waals surface area contributed by atoms with Crippen LogP contribution in [0.15, 0.2) is 0 Å². The summed E-state index contributed by atoms with van der Waals surface area (Å²) in [6, 6.07) is 0. The maximum absolute atomic E-state index is 12.8. The van der Waals surface area contributed by atoms with Crippen LogP contribution in [0.5, 0.6) is 0 Å². The molecular formula is C14H30BO5P. The van der Waals surface area contributed by atoms with Gasteiger partial charge in [0.05, 0.1) is 16.8 Å². The van der Waals surface area contributed by atoms with Gasteiger partial charge in [0, 0.05) is 14.2 Å². The van der Waals surface area contributed by atoms with Crippen molar-refractivity contribution in [1.82, 2.24) is 0 Å². The average molecular weight is 320 g/mol. The second-order valence-electron chi connectivity index (χ2n) is 6.59. The van der Waals surface area contributed by atoms with Crippen LogP contribution in [0.4, 0.5) is 0 Å². The Bertz CT molecular complexity index is 362. The van der Waals surface area contributed by atoms with Gasteiger partial charge in [0.2, 0.25) is 0 Å². The molecule has 7 heteroatoms. The Balaban J connectivity index is 2.95. The number of unbranched alkanes of at least 4 members (excludes halogenated alkanes) is 2. The van der Waals surface area contributed by atoms with E-state index in [-0.39, 0.29) is 0 Å². The molecule has 0 aromatic heterocycles. The van der Waals surface area contributed by atoms with Gasteiger partial charge < -0.3 is 18.4 Å². The van der Waals surface area contributed by atoms with Crippen molar-refractivity contribution < 1.29 is 22.9 Å². The van der Waals surface area contributed by atoms with Crippen molar-refractivity contribution in [2.75, 3.05) is 14.2 Å². The highest BCUT2D eigenvalue weighted by Crippen LogP contribution is 2.56. The lowest BCUT2D eigenvalue weighted by atomic mass is 9.81. The fraction of sp³-hybridized carbons (Fsp3) is 1.00. The normalized spacial score (nSPS) is 22.5. The molecule has 1 unspecified atom stereocenters. The largest absolute Gasteiger partial charge is 0.473 e. The van der Waals surface area contributed by atoms with E-state index < -0.39 is 31.5 Å². The third-order valence-corrected chi connectivity index (χ3v) is 6.94. The van der Waals surface area contributed by atoms with Gasteiger partial charge in [-0.3, -0.25) is 4.57 Å². The topological polar surface area (TPSA) is 54.0 Å². The first-order valence-electron chi connectivity index (χ1n) is 7.70. The molecule has 1 atom stereocenters. The van der Waals surface area contributed by atoms with Crippen LogP contribution in [0.3, 0.4) is 0 Å². The van der Waals surface area contributed by atoms with Crippen molar-refractivity contribution in [3.05, 3.63) is 0 Å². The highest BCUT2D eigenvalue weighted by Gasteiger charge is 2.58. The Labute approximate surface area is 129 Å². The van der Waals surface area contributed by atoms with Gasteiger partial charge in [-0.15, -0.1) is 0 Å². The van der Waals surface area contributed by atoms with Crippen molar-refractivity contribution >= 4 is 14.7 Å². The Hall–Kier alpha value is 0.135. The van der Waals surface area contributed by atoms with Crippen molar-refractivity contribution in [2.45, 2.75) is 77.1 Å². The molecule has 124 valence electrons. The second kappa shape index (κ2) is 7.14. The Kier molecular flexibility index (Phi) is 6.52. The van der Waals surface area contributed by atoms with Crippen molar-refractivity contribution in [2.24, 2.45) is 0 Å². The molecule has 0 radical (unpaired) electrons. The lowest BCUT2D eigenvalue weighted by Crippen LogP contribution is -2.41. The van der Waals surface area contributed by atoms with Crippen molar-refractivity contribution in [1.29, 1.82) is 0 Å². The minimum Gasteiger partial charge on any atom is -0.403 e. The van der Waals surface area contributed by atoms with Crippen molar-refractivity contribution in [3.8, 4) is 0 Å². The first-order valence-corrected chi connectivity index (χ1v) is 9.31. The fourth-order valence-corrected chi connectivity index (χ4v) is 4.05. The van der Waals surface area contributed by atoms with Crippen molar-refractivity contribution in [3.63, 3.8) is 0 Å². The standard InChI is InChI=1S/C14H30BO5P/c1-8-9-10-11-12(21(16,17-6)18-7)15-19-13(2,3)14(4,5)20-15/h12H,8-11H2,1-7H3. The van der Waals surface area contributed by atoms with Gasteiger partial charge in [-0.05, 0) is 34.1 Å². The first-order chi connectivity index (χ1) is 9.63. The van der Waals surface area contributed by atoms with E-state index in [0.29, 0.717) is 6.42 Å². The minimum atomic E-state index is -3.24. The molecule has 0 spiro atoms. The first kappa shape index (κ1) is 19.2. The summed E-state index contributed by atoms with van der Waals surface area (Å²) in [4.78, 5) is 0. The number of hydrogen-bond acceptors (Lipinski definition) is 5. The van der Waals surface area contributed by atoms with E-state index in [1.54, 1.807) is 0 Å². The predicted octanol–water partition coefficient (Wildman–Crippen LogP) is 4.05. The van der Waals surface area contributed by atoms with E-state index in [2.05, 4.69) is 6.92 Å². The summed E-state index contributed by atoms with van der Waals surface area (Å²) in [7, 11) is -0.977. The zero-order chi connectivity index (χ0) is 16.3. The van der Waals surface area contributed by atoms with Gasteiger partial charge in [0.15, 0.2) is 0 Å². The van der Waals surface area contributed by atoms with Crippen LogP contribution in [-0.4, -0.2) is 38.1 Å². The molecule has 1 aliphatic heterocycles. The molecule has 1 aliphatic rings. The molecule has 0 amide bonds. The lowest BCUT2D eigenvalue weighted by molar-refractivity contribution is 0.00578. The van der Waals surface area contributed by atoms with Crippen LogP contribution < -0.4 is 0 Å². The summed E-state index contributed by atoms with van der Waals surface area (Å²) in [6.45, 7) is 10.1. The van der Waals surface area contributed by atoms with Crippen LogP contribution in [0.2, 0.25) is 0 Å². The van der Waals surface area contributed by atoms with Crippen LogP contribution in [0, 0.1) is 0 Å². The second-order valence-corrected chi connectivity index (χ2v) is 9.07. The zero-order valence-electron chi connectivity index (χ0n) is 14.5. The number of hydrogen-bond donors (Lipinski definition) is 0. The van der Waals surface area contributed by atoms with Gasteiger partial charge in [0.1, 0.15) is 0 Å². The van der Waals surface area contributed by atoms with E-state index in [9.17, 15) is 4.57 Å². The fourth-order valence-electron chi connectivity index (χ4n) is 2.44. The van der Waals surface area contributed by atoms with E-state index in [4.69, 9.17) is 18.4 Å². The Morgan fingerprint density at radius 3 is 1.90 bits per heavy atom. The number of rotatable bonds is 8. The van der Waals surface area contributed by atoms with Gasteiger partial charge in [-0.2, -0.15) is 0 Å². The third-order valence-electron chi connectivity index (χ3n) is 4.60. The highest BCUT2D eigenvalue weighted by molar-refractivity contribution is 7.57. The molecule has 0 N–H and O–H groups in total. The van der Waals surface area contributed by atoms with E-state index in [1.807, 2.05) is 27.7 Å². The molecule has 1 saturated heterocycles. The maximum Gasteiger partial charge on any atom is 0.473 e. The molecule has 1 heterocycles. The molecule has 5 nitrogen and oxygen atoms in total. The minimum absolute atomic E-state index is 0.403. The summed E-state index contributed by atoms with van der Waals surface area (Å²) in [5, 5.41) is 0. The predicted molar refractivity (Wildman–Crippen MR) is 85.6 cm³/mol. The van der Waals surface area contributed by atoms with Gasteiger partial charge in [-0.1, -0.05) is 26.2 Å². The smallest absolute Gasteiger partial charge is 0.403 e. The maximum atomic E-state index is 12.8. The monoisotopic (exact) mass is 320 g/mol. The summed E-state index contributed by atoms with van der Waals surface area (Å²) in [5.74, 6) is 0. The van der Waals surface area contributed by atoms with E-state index in [1.165, 1.54) is 14.2 Å². The molecule has 0 aliphatic carbocycles. The summed E-state index contributed by atoms with van der Waals surface area (Å²) in [6.07, 6.45) is 3.81. The Morgan fingerprint density at radius 2 is 1.52 bits per heavy atom. The molecule has 21 heavy (non-hydrogen) atoms. The molecule has 0 bridgehead atoms.